The van der Waals surface area contributed by atoms with Crippen molar-refractivity contribution in [1.82, 2.24) is 0 Å². The van der Waals surface area contributed by atoms with E-state index >= 15 is 0 Å². The topological polar surface area (TPSA) is 47.9 Å². The van der Waals surface area contributed by atoms with Crippen LogP contribution >= 0.6 is 0 Å². The molecule has 110 valence electrons. The standard InChI is InChI=1S/C18H15NO3/c20-18-16(13-21-12-15-9-5-2-6-10-15)19-17(22-18)11-14-7-3-1-4-8-14/h1-10,13H,11-12H2. The van der Waals surface area contributed by atoms with Crippen molar-refractivity contribution in [3.63, 3.8) is 0 Å². The fraction of sp³-hybridized carbons (Fsp3) is 0.111. The molecular formula is C18H15NO3. The van der Waals surface area contributed by atoms with E-state index in [1.807, 2.05) is 60.7 Å². The molecule has 4 nitrogen and oxygen atoms in total. The van der Waals surface area contributed by atoms with Gasteiger partial charge in [0.05, 0.1) is 0 Å². The Hall–Kier alpha value is -2.88. The Morgan fingerprint density at radius 1 is 0.955 bits per heavy atom. The van der Waals surface area contributed by atoms with Gasteiger partial charge in [0.25, 0.3) is 0 Å². The highest BCUT2D eigenvalue weighted by Crippen LogP contribution is 2.14. The number of aliphatic imine (C=N–C) groups is 1. The SMILES string of the molecule is O=C1OC(Cc2ccccc2)=NC1=COCc1ccccc1. The largest absolute Gasteiger partial charge is 0.494 e. The molecule has 0 aromatic heterocycles. The Labute approximate surface area is 128 Å². The zero-order chi connectivity index (χ0) is 15.2. The van der Waals surface area contributed by atoms with E-state index in [0.717, 1.165) is 11.1 Å². The summed E-state index contributed by atoms with van der Waals surface area (Å²) in [6, 6.07) is 19.5. The molecule has 0 radical (unpaired) electrons. The second-order valence-corrected chi connectivity index (χ2v) is 4.86. The summed E-state index contributed by atoms with van der Waals surface area (Å²) in [5.74, 6) is -0.0789. The Kier molecular flexibility index (Phi) is 4.30. The van der Waals surface area contributed by atoms with Gasteiger partial charge in [0.15, 0.2) is 5.70 Å². The van der Waals surface area contributed by atoms with E-state index in [4.69, 9.17) is 9.47 Å². The van der Waals surface area contributed by atoms with Crippen LogP contribution in [-0.4, -0.2) is 11.9 Å². The number of carbonyl (C=O) groups excluding carboxylic acids is 1. The molecule has 0 spiro atoms. The van der Waals surface area contributed by atoms with Gasteiger partial charge in [0.1, 0.15) is 12.9 Å². The lowest BCUT2D eigenvalue weighted by molar-refractivity contribution is -0.130. The number of ether oxygens (including phenoxy) is 2. The van der Waals surface area contributed by atoms with Crippen molar-refractivity contribution in [3.8, 4) is 0 Å². The monoisotopic (exact) mass is 293 g/mol. The lowest BCUT2D eigenvalue weighted by atomic mass is 10.1. The van der Waals surface area contributed by atoms with Crippen LogP contribution in [0.15, 0.2) is 77.6 Å². The molecule has 1 aliphatic rings. The molecule has 0 unspecified atom stereocenters. The summed E-state index contributed by atoms with van der Waals surface area (Å²) in [6.45, 7) is 0.390. The van der Waals surface area contributed by atoms with Crippen molar-refractivity contribution >= 4 is 11.9 Å². The number of esters is 1. The molecule has 0 saturated carbocycles. The van der Waals surface area contributed by atoms with Gasteiger partial charge in [0.2, 0.25) is 5.90 Å². The summed E-state index contributed by atoms with van der Waals surface area (Å²) in [5.41, 5.74) is 2.27. The maximum Gasteiger partial charge on any atom is 0.366 e. The van der Waals surface area contributed by atoms with E-state index in [1.165, 1.54) is 6.26 Å². The second kappa shape index (κ2) is 6.72. The van der Waals surface area contributed by atoms with Crippen molar-refractivity contribution in [2.75, 3.05) is 0 Å². The quantitative estimate of drug-likeness (QED) is 0.483. The van der Waals surface area contributed by atoms with Gasteiger partial charge >= 0.3 is 5.97 Å². The predicted octanol–water partition coefficient (Wildman–Crippen LogP) is 3.24. The Bertz CT molecular complexity index is 706. The molecule has 0 bridgehead atoms. The van der Waals surface area contributed by atoms with Gasteiger partial charge in [-0.05, 0) is 11.1 Å². The third-order valence-electron chi connectivity index (χ3n) is 3.15. The van der Waals surface area contributed by atoms with Crippen molar-refractivity contribution in [1.29, 1.82) is 0 Å². The van der Waals surface area contributed by atoms with Crippen molar-refractivity contribution < 1.29 is 14.3 Å². The van der Waals surface area contributed by atoms with Crippen LogP contribution in [0.2, 0.25) is 0 Å². The average molecular weight is 293 g/mol. The zero-order valence-corrected chi connectivity index (χ0v) is 11.9. The summed E-state index contributed by atoms with van der Waals surface area (Å²) in [6.07, 6.45) is 1.84. The highest BCUT2D eigenvalue weighted by Gasteiger charge is 2.23. The first-order valence-electron chi connectivity index (χ1n) is 7.00. The van der Waals surface area contributed by atoms with Crippen LogP contribution in [0.1, 0.15) is 11.1 Å². The van der Waals surface area contributed by atoms with E-state index in [1.54, 1.807) is 0 Å². The number of rotatable bonds is 5. The molecule has 2 aromatic rings. The molecule has 1 aliphatic heterocycles. The zero-order valence-electron chi connectivity index (χ0n) is 11.9. The number of nitrogens with zero attached hydrogens (tertiary/aromatic N) is 1. The number of hydrogen-bond acceptors (Lipinski definition) is 4. The van der Waals surface area contributed by atoms with E-state index in [0.29, 0.717) is 18.9 Å². The molecule has 0 amide bonds. The minimum absolute atomic E-state index is 0.196. The summed E-state index contributed by atoms with van der Waals surface area (Å²) in [4.78, 5) is 15.9. The highest BCUT2D eigenvalue weighted by atomic mass is 16.6. The fourth-order valence-electron chi connectivity index (χ4n) is 2.07. The molecule has 2 aromatic carbocycles. The maximum absolute atomic E-state index is 11.7. The number of benzene rings is 2. The summed E-state index contributed by atoms with van der Waals surface area (Å²) >= 11 is 0. The third-order valence-corrected chi connectivity index (χ3v) is 3.15. The van der Waals surface area contributed by atoms with E-state index in [2.05, 4.69) is 4.99 Å². The number of cyclic esters (lactones) is 1. The summed E-state index contributed by atoms with van der Waals surface area (Å²) in [5, 5.41) is 0. The van der Waals surface area contributed by atoms with Crippen LogP contribution in [0.5, 0.6) is 0 Å². The predicted molar refractivity (Wildman–Crippen MR) is 83.0 cm³/mol. The lowest BCUT2D eigenvalue weighted by Crippen LogP contribution is -2.06. The van der Waals surface area contributed by atoms with Gasteiger partial charge in [-0.3, -0.25) is 0 Å². The first-order valence-corrected chi connectivity index (χ1v) is 7.00. The van der Waals surface area contributed by atoms with Crippen LogP contribution in [0.25, 0.3) is 0 Å². The molecule has 4 heteroatoms. The van der Waals surface area contributed by atoms with E-state index in [9.17, 15) is 4.79 Å². The van der Waals surface area contributed by atoms with E-state index in [-0.39, 0.29) is 5.70 Å². The van der Waals surface area contributed by atoms with Gasteiger partial charge in [-0.1, -0.05) is 60.7 Å². The summed E-state index contributed by atoms with van der Waals surface area (Å²) < 4.78 is 10.5. The first kappa shape index (κ1) is 14.1. The highest BCUT2D eigenvalue weighted by molar-refractivity contribution is 6.04. The van der Waals surface area contributed by atoms with Gasteiger partial charge < -0.3 is 9.47 Å². The van der Waals surface area contributed by atoms with Crippen LogP contribution < -0.4 is 0 Å². The van der Waals surface area contributed by atoms with Gasteiger partial charge in [0, 0.05) is 6.42 Å². The average Bonchev–Trinajstić information content (AvgIpc) is 2.89. The molecule has 0 fully saturated rings. The van der Waals surface area contributed by atoms with Crippen LogP contribution in [-0.2, 0) is 27.3 Å². The second-order valence-electron chi connectivity index (χ2n) is 4.86. The van der Waals surface area contributed by atoms with Crippen molar-refractivity contribution in [2.45, 2.75) is 13.0 Å². The van der Waals surface area contributed by atoms with Crippen LogP contribution in [0.4, 0.5) is 0 Å². The Balaban J connectivity index is 1.61. The van der Waals surface area contributed by atoms with Gasteiger partial charge in [-0.2, -0.15) is 0 Å². The van der Waals surface area contributed by atoms with Crippen LogP contribution in [0, 0.1) is 0 Å². The Morgan fingerprint density at radius 2 is 1.59 bits per heavy atom. The maximum atomic E-state index is 11.7. The Morgan fingerprint density at radius 3 is 2.27 bits per heavy atom. The molecule has 0 saturated heterocycles. The first-order chi connectivity index (χ1) is 10.8. The molecule has 3 rings (SSSR count). The molecule has 1 heterocycles. The summed E-state index contributed by atoms with van der Waals surface area (Å²) in [7, 11) is 0. The van der Waals surface area contributed by atoms with Gasteiger partial charge in [-0.15, -0.1) is 0 Å². The third kappa shape index (κ3) is 3.61. The molecule has 22 heavy (non-hydrogen) atoms. The normalized spacial score (nSPS) is 15.5. The minimum Gasteiger partial charge on any atom is -0.494 e. The number of carbonyl (C=O) groups is 1. The van der Waals surface area contributed by atoms with Gasteiger partial charge in [-0.25, -0.2) is 9.79 Å². The minimum atomic E-state index is -0.473. The molecule has 0 N–H and O–H groups in total. The van der Waals surface area contributed by atoms with Crippen molar-refractivity contribution in [3.05, 3.63) is 83.7 Å². The van der Waals surface area contributed by atoms with Crippen molar-refractivity contribution in [2.24, 2.45) is 4.99 Å². The molecule has 0 aliphatic carbocycles. The molecular weight excluding hydrogens is 278 g/mol. The van der Waals surface area contributed by atoms with Crippen LogP contribution in [0.3, 0.4) is 0 Å². The lowest BCUT2D eigenvalue weighted by Gasteiger charge is -2.00. The van der Waals surface area contributed by atoms with E-state index < -0.39 is 5.97 Å². The smallest absolute Gasteiger partial charge is 0.366 e. The number of hydrogen-bond donors (Lipinski definition) is 0. The molecule has 0 atom stereocenters. The fourth-order valence-corrected chi connectivity index (χ4v) is 2.07.